The third-order valence-electron chi connectivity index (χ3n) is 3.40. The minimum absolute atomic E-state index is 0.0777. The normalized spacial score (nSPS) is 10.9. The Hall–Kier alpha value is -3.23. The second-order valence-corrected chi connectivity index (χ2v) is 5.56. The maximum Gasteiger partial charge on any atom is 0.405 e. The molecule has 0 atom stereocenters. The lowest BCUT2D eigenvalue weighted by atomic mass is 10.1. The molecule has 0 bridgehead atoms. The number of carbonyl (C=O) groups is 2. The molecule has 150 valence electrons. The summed E-state index contributed by atoms with van der Waals surface area (Å²) < 4.78 is 47.7. The Bertz CT molecular complexity index is 825. The van der Waals surface area contributed by atoms with E-state index < -0.39 is 24.5 Å². The fourth-order valence-corrected chi connectivity index (χ4v) is 2.24. The molecule has 6 nitrogen and oxygen atoms in total. The maximum atomic E-state index is 12.3. The first-order valence-electron chi connectivity index (χ1n) is 8.38. The topological polar surface area (TPSA) is 76.7 Å². The van der Waals surface area contributed by atoms with Crippen molar-refractivity contribution in [3.63, 3.8) is 0 Å². The number of hydrogen-bond acceptors (Lipinski definition) is 4. The molecule has 0 aliphatic rings. The van der Waals surface area contributed by atoms with Crippen LogP contribution >= 0.6 is 0 Å². The Morgan fingerprint density at radius 2 is 1.57 bits per heavy atom. The second-order valence-electron chi connectivity index (χ2n) is 5.56. The molecule has 0 saturated carbocycles. The monoisotopic (exact) mass is 396 g/mol. The summed E-state index contributed by atoms with van der Waals surface area (Å²) >= 11 is 0. The minimum Gasteiger partial charge on any atom is -0.490 e. The van der Waals surface area contributed by atoms with E-state index in [9.17, 15) is 22.8 Å². The largest absolute Gasteiger partial charge is 0.490 e. The van der Waals surface area contributed by atoms with Crippen molar-refractivity contribution >= 4 is 17.5 Å². The van der Waals surface area contributed by atoms with Gasteiger partial charge in [-0.3, -0.25) is 9.59 Å². The van der Waals surface area contributed by atoms with Crippen LogP contribution in [0.25, 0.3) is 0 Å². The number of hydrogen-bond donors (Lipinski definition) is 2. The zero-order chi connectivity index (χ0) is 20.6. The third kappa shape index (κ3) is 6.49. The van der Waals surface area contributed by atoms with Gasteiger partial charge in [0.25, 0.3) is 11.8 Å². The van der Waals surface area contributed by atoms with Gasteiger partial charge in [0.05, 0.1) is 17.9 Å². The molecule has 0 radical (unpaired) electrons. The molecule has 2 rings (SSSR count). The van der Waals surface area contributed by atoms with Gasteiger partial charge in [0.1, 0.15) is 6.54 Å². The average molecular weight is 396 g/mol. The van der Waals surface area contributed by atoms with Gasteiger partial charge in [-0.1, -0.05) is 24.3 Å². The fourth-order valence-electron chi connectivity index (χ4n) is 2.24. The molecule has 9 heteroatoms. The summed E-state index contributed by atoms with van der Waals surface area (Å²) in [6.07, 6.45) is -4.53. The number of rotatable bonds is 8. The van der Waals surface area contributed by atoms with E-state index in [1.54, 1.807) is 35.6 Å². The van der Waals surface area contributed by atoms with Crippen molar-refractivity contribution < 1.29 is 32.2 Å². The van der Waals surface area contributed by atoms with Crippen molar-refractivity contribution in [3.05, 3.63) is 54.1 Å². The van der Waals surface area contributed by atoms with E-state index in [2.05, 4.69) is 5.32 Å². The number of ether oxygens (including phenoxy) is 2. The lowest BCUT2D eigenvalue weighted by Gasteiger charge is -2.14. The van der Waals surface area contributed by atoms with Crippen LogP contribution in [0.4, 0.5) is 18.9 Å². The van der Waals surface area contributed by atoms with Crippen LogP contribution in [0.1, 0.15) is 17.3 Å². The molecule has 0 saturated heterocycles. The van der Waals surface area contributed by atoms with E-state index in [0.29, 0.717) is 18.1 Å². The zero-order valence-electron chi connectivity index (χ0n) is 15.0. The standard InChI is InChI=1S/C19H19F3N2O4/c1-2-27-15-9-5-6-10-16(15)28-11-17(25)24-14-8-4-3-7-13(14)18(26)23-12-19(20,21)22/h3-10H,2,11-12H2,1H3,(H,23,26)(H,24,25). The van der Waals surface area contributed by atoms with Crippen molar-refractivity contribution in [2.24, 2.45) is 0 Å². The first-order valence-corrected chi connectivity index (χ1v) is 8.38. The number of halogens is 3. The van der Waals surface area contributed by atoms with Crippen molar-refractivity contribution in [2.75, 3.05) is 25.1 Å². The zero-order valence-corrected chi connectivity index (χ0v) is 15.0. The lowest BCUT2D eigenvalue weighted by Crippen LogP contribution is -2.34. The molecule has 0 heterocycles. The smallest absolute Gasteiger partial charge is 0.405 e. The van der Waals surface area contributed by atoms with Gasteiger partial charge in [-0.15, -0.1) is 0 Å². The molecule has 0 aromatic heterocycles. The van der Waals surface area contributed by atoms with Crippen LogP contribution in [0.2, 0.25) is 0 Å². The summed E-state index contributed by atoms with van der Waals surface area (Å²) in [5.74, 6) is -0.682. The van der Waals surface area contributed by atoms with E-state index in [-0.39, 0.29) is 17.9 Å². The first kappa shape index (κ1) is 21.1. The number of alkyl halides is 3. The van der Waals surface area contributed by atoms with Gasteiger partial charge in [-0.2, -0.15) is 13.2 Å². The SMILES string of the molecule is CCOc1ccccc1OCC(=O)Nc1ccccc1C(=O)NCC(F)(F)F. The summed E-state index contributed by atoms with van der Waals surface area (Å²) in [4.78, 5) is 24.1. The van der Waals surface area contributed by atoms with Crippen LogP contribution in [-0.4, -0.2) is 37.7 Å². The Morgan fingerprint density at radius 1 is 0.964 bits per heavy atom. The quantitative estimate of drug-likeness (QED) is 0.717. The molecule has 28 heavy (non-hydrogen) atoms. The molecule has 2 aromatic rings. The average Bonchev–Trinajstić information content (AvgIpc) is 2.65. The van der Waals surface area contributed by atoms with E-state index >= 15 is 0 Å². The summed E-state index contributed by atoms with van der Waals surface area (Å²) in [6.45, 7) is 0.394. The summed E-state index contributed by atoms with van der Waals surface area (Å²) in [5, 5.41) is 4.23. The predicted octanol–water partition coefficient (Wildman–Crippen LogP) is 3.39. The molecule has 0 aliphatic heterocycles. The summed E-state index contributed by atoms with van der Waals surface area (Å²) in [6, 6.07) is 12.5. The molecular formula is C19H19F3N2O4. The molecule has 0 unspecified atom stereocenters. The lowest BCUT2D eigenvalue weighted by molar-refractivity contribution is -0.123. The summed E-state index contributed by atoms with van der Waals surface area (Å²) in [7, 11) is 0. The second kappa shape index (κ2) is 9.63. The molecule has 2 amide bonds. The third-order valence-corrected chi connectivity index (χ3v) is 3.40. The van der Waals surface area contributed by atoms with Crippen LogP contribution in [0, 0.1) is 0 Å². The van der Waals surface area contributed by atoms with Crippen LogP contribution in [0.15, 0.2) is 48.5 Å². The van der Waals surface area contributed by atoms with Crippen LogP contribution in [0.5, 0.6) is 11.5 Å². The highest BCUT2D eigenvalue weighted by Gasteiger charge is 2.28. The molecule has 0 spiro atoms. The van der Waals surface area contributed by atoms with Crippen molar-refractivity contribution in [2.45, 2.75) is 13.1 Å². The van der Waals surface area contributed by atoms with Crippen LogP contribution < -0.4 is 20.1 Å². The molecule has 0 aliphatic carbocycles. The maximum absolute atomic E-state index is 12.3. The van der Waals surface area contributed by atoms with Gasteiger partial charge in [-0.05, 0) is 31.2 Å². The van der Waals surface area contributed by atoms with Crippen molar-refractivity contribution in [3.8, 4) is 11.5 Å². The Balaban J connectivity index is 2.00. The Kier molecular flexibility index (Phi) is 7.25. The highest BCUT2D eigenvalue weighted by Crippen LogP contribution is 2.26. The van der Waals surface area contributed by atoms with Gasteiger partial charge in [0.2, 0.25) is 0 Å². The molecular weight excluding hydrogens is 377 g/mol. The van der Waals surface area contributed by atoms with Gasteiger partial charge in [0, 0.05) is 0 Å². The van der Waals surface area contributed by atoms with Crippen molar-refractivity contribution in [1.29, 1.82) is 0 Å². The van der Waals surface area contributed by atoms with E-state index in [1.807, 2.05) is 6.92 Å². The number of amides is 2. The highest BCUT2D eigenvalue weighted by molar-refractivity contribution is 6.04. The van der Waals surface area contributed by atoms with Gasteiger partial charge < -0.3 is 20.1 Å². The van der Waals surface area contributed by atoms with E-state index in [4.69, 9.17) is 9.47 Å². The van der Waals surface area contributed by atoms with Gasteiger partial charge in [-0.25, -0.2) is 0 Å². The number of nitrogens with one attached hydrogen (secondary N) is 2. The van der Waals surface area contributed by atoms with Crippen LogP contribution in [0.3, 0.4) is 0 Å². The Labute approximate surface area is 159 Å². The van der Waals surface area contributed by atoms with Crippen LogP contribution in [-0.2, 0) is 4.79 Å². The number of para-hydroxylation sites is 3. The first-order chi connectivity index (χ1) is 13.3. The predicted molar refractivity (Wildman–Crippen MR) is 96.6 cm³/mol. The highest BCUT2D eigenvalue weighted by atomic mass is 19.4. The Morgan fingerprint density at radius 3 is 2.21 bits per heavy atom. The van der Waals surface area contributed by atoms with E-state index in [0.717, 1.165) is 0 Å². The van der Waals surface area contributed by atoms with Crippen molar-refractivity contribution in [1.82, 2.24) is 5.32 Å². The minimum atomic E-state index is -4.53. The number of benzene rings is 2. The van der Waals surface area contributed by atoms with E-state index in [1.165, 1.54) is 18.2 Å². The molecule has 2 N–H and O–H groups in total. The van der Waals surface area contributed by atoms with Gasteiger partial charge in [0.15, 0.2) is 18.1 Å². The number of anilines is 1. The molecule has 0 fully saturated rings. The summed E-state index contributed by atoms with van der Waals surface area (Å²) in [5.41, 5.74) is -0.0105. The fraction of sp³-hybridized carbons (Fsp3) is 0.263. The molecule has 2 aromatic carbocycles. The van der Waals surface area contributed by atoms with Gasteiger partial charge >= 0.3 is 6.18 Å². The number of carbonyl (C=O) groups excluding carboxylic acids is 2.